The lowest BCUT2D eigenvalue weighted by Gasteiger charge is -2.14. The van der Waals surface area contributed by atoms with Gasteiger partial charge in [-0.3, -0.25) is 0 Å². The highest BCUT2D eigenvalue weighted by molar-refractivity contribution is 9.10. The lowest BCUT2D eigenvalue weighted by molar-refractivity contribution is 0.483. The number of anilines is 1. The van der Waals surface area contributed by atoms with Crippen molar-refractivity contribution >= 4 is 55.2 Å². The summed E-state index contributed by atoms with van der Waals surface area (Å²) in [6.45, 7) is 0.731. The molecule has 1 N–H and O–H groups in total. The van der Waals surface area contributed by atoms with E-state index in [9.17, 15) is 8.42 Å². The molecule has 6 nitrogen and oxygen atoms in total. The zero-order chi connectivity index (χ0) is 14.9. The average molecular weight is 381 g/mol. The maximum absolute atomic E-state index is 11.3. The van der Waals surface area contributed by atoms with Crippen LogP contribution in [0.2, 0.25) is 0 Å². The Kier molecular flexibility index (Phi) is 4.52. The normalized spacial score (nSPS) is 12.2. The van der Waals surface area contributed by atoms with E-state index in [1.165, 1.54) is 17.6 Å². The molecule has 0 atom stereocenters. The third kappa shape index (κ3) is 3.40. The lowest BCUT2D eigenvalue weighted by Crippen LogP contribution is -2.30. The summed E-state index contributed by atoms with van der Waals surface area (Å²) in [5, 5.41) is 3.00. The molecule has 0 saturated heterocycles. The van der Waals surface area contributed by atoms with Crippen LogP contribution in [0.3, 0.4) is 0 Å². The molecule has 2 aromatic rings. The number of halogens is 1. The van der Waals surface area contributed by atoms with Crippen molar-refractivity contribution in [1.82, 2.24) is 4.31 Å². The van der Waals surface area contributed by atoms with E-state index in [4.69, 9.17) is 21.1 Å². The molecule has 2 heterocycles. The Labute approximate surface area is 129 Å². The Hall–Kier alpha value is -0.900. The van der Waals surface area contributed by atoms with E-state index in [1.54, 1.807) is 6.07 Å². The molecule has 0 spiro atoms. The second-order valence-corrected chi connectivity index (χ2v) is 7.61. The maximum Gasteiger partial charge on any atom is 0.211 e. The first-order valence-electron chi connectivity index (χ1n) is 5.65. The Morgan fingerprint density at radius 2 is 2.15 bits per heavy atom. The second kappa shape index (κ2) is 5.84. The minimum absolute atomic E-state index is 0.325. The molecule has 20 heavy (non-hydrogen) atoms. The van der Waals surface area contributed by atoms with Gasteiger partial charge < -0.3 is 14.2 Å². The first-order chi connectivity index (χ1) is 9.29. The fourth-order valence-electron chi connectivity index (χ4n) is 1.50. The number of nitrogens with zero attached hydrogens (tertiary/aromatic N) is 1. The van der Waals surface area contributed by atoms with Crippen LogP contribution in [-0.4, -0.2) is 39.1 Å². The average Bonchev–Trinajstić information content (AvgIpc) is 2.70. The molecule has 0 aromatic carbocycles. The smallest absolute Gasteiger partial charge is 0.211 e. The minimum Gasteiger partial charge on any atom is -0.458 e. The lowest BCUT2D eigenvalue weighted by atomic mass is 10.4. The second-order valence-electron chi connectivity index (χ2n) is 4.23. The molecule has 0 aliphatic carbocycles. The predicted octanol–water partition coefficient (Wildman–Crippen LogP) is 2.82. The van der Waals surface area contributed by atoms with Crippen LogP contribution >= 0.6 is 28.1 Å². The summed E-state index contributed by atoms with van der Waals surface area (Å²) in [7, 11) is -1.66. The van der Waals surface area contributed by atoms with Gasteiger partial charge in [-0.1, -0.05) is 12.2 Å². The van der Waals surface area contributed by atoms with Crippen molar-refractivity contribution in [2.24, 2.45) is 0 Å². The van der Waals surface area contributed by atoms with Gasteiger partial charge in [-0.25, -0.2) is 12.7 Å². The van der Waals surface area contributed by atoms with Crippen molar-refractivity contribution in [3.63, 3.8) is 0 Å². The number of likely N-dealkylation sites (N-methyl/N-ethyl adjacent to an activating group) is 1. The van der Waals surface area contributed by atoms with Gasteiger partial charge in [-0.2, -0.15) is 0 Å². The number of fused-ring (bicyclic) bond motifs is 1. The number of hydrogen-bond donors (Lipinski definition) is 1. The van der Waals surface area contributed by atoms with Crippen molar-refractivity contribution in [1.29, 1.82) is 0 Å². The molecule has 110 valence electrons. The minimum atomic E-state index is -3.18. The third-order valence-corrected chi connectivity index (χ3v) is 4.86. The summed E-state index contributed by atoms with van der Waals surface area (Å²) in [4.78, 5) is 0. The quantitative estimate of drug-likeness (QED) is 0.803. The van der Waals surface area contributed by atoms with Crippen molar-refractivity contribution in [3.8, 4) is 0 Å². The van der Waals surface area contributed by atoms with Gasteiger partial charge in [0.15, 0.2) is 17.1 Å². The van der Waals surface area contributed by atoms with E-state index in [0.717, 1.165) is 6.26 Å². The SMILES string of the molecule is CN(CCNc1cc(=S)c2occ(Br)c2o1)S(C)(=O)=O. The first-order valence-corrected chi connectivity index (χ1v) is 8.70. The fourth-order valence-corrected chi connectivity index (χ4v) is 2.53. The van der Waals surface area contributed by atoms with Gasteiger partial charge in [0, 0.05) is 26.2 Å². The number of sulfonamides is 1. The highest BCUT2D eigenvalue weighted by Gasteiger charge is 2.12. The molecule has 0 aliphatic rings. The van der Waals surface area contributed by atoms with E-state index >= 15 is 0 Å². The summed E-state index contributed by atoms with van der Waals surface area (Å²) < 4.78 is 35.8. The molecule has 9 heteroatoms. The zero-order valence-electron chi connectivity index (χ0n) is 10.8. The van der Waals surface area contributed by atoms with E-state index < -0.39 is 10.0 Å². The van der Waals surface area contributed by atoms with Crippen LogP contribution in [0.1, 0.15) is 0 Å². The van der Waals surface area contributed by atoms with Gasteiger partial charge in [0.1, 0.15) is 6.26 Å². The standard InChI is InChI=1S/C11H13BrN2O4S2/c1-14(20(2,15)16)4-3-13-9-5-8(19)11-10(18-9)7(12)6-17-11/h5-6,13H,3-4H2,1-2H3. The molecule has 0 fully saturated rings. The Morgan fingerprint density at radius 1 is 1.45 bits per heavy atom. The Morgan fingerprint density at radius 3 is 2.80 bits per heavy atom. The summed E-state index contributed by atoms with van der Waals surface area (Å²) >= 11 is 8.50. The topological polar surface area (TPSA) is 75.7 Å². The zero-order valence-corrected chi connectivity index (χ0v) is 14.1. The monoisotopic (exact) mass is 380 g/mol. The molecule has 0 saturated carbocycles. The Bertz CT molecular complexity index is 781. The van der Waals surface area contributed by atoms with Gasteiger partial charge in [0.25, 0.3) is 0 Å². The van der Waals surface area contributed by atoms with Crippen LogP contribution in [0, 0.1) is 4.51 Å². The third-order valence-electron chi connectivity index (χ3n) is 2.69. The summed E-state index contributed by atoms with van der Waals surface area (Å²) in [5.74, 6) is 0.464. The fraction of sp³-hybridized carbons (Fsp3) is 0.364. The molecular weight excluding hydrogens is 368 g/mol. The Balaban J connectivity index is 2.11. The number of rotatable bonds is 5. The van der Waals surface area contributed by atoms with Crippen molar-refractivity contribution in [2.75, 3.05) is 31.7 Å². The van der Waals surface area contributed by atoms with Gasteiger partial charge in [0.2, 0.25) is 10.0 Å². The van der Waals surface area contributed by atoms with Crippen LogP contribution in [0.5, 0.6) is 0 Å². The van der Waals surface area contributed by atoms with E-state index in [2.05, 4.69) is 21.2 Å². The molecule has 2 rings (SSSR count). The first kappa shape index (κ1) is 15.5. The van der Waals surface area contributed by atoms with Crippen LogP contribution in [0.25, 0.3) is 11.2 Å². The number of hydrogen-bond acceptors (Lipinski definition) is 6. The van der Waals surface area contributed by atoms with Gasteiger partial charge in [0.05, 0.1) is 15.2 Å². The summed E-state index contributed by atoms with van der Waals surface area (Å²) in [6, 6.07) is 1.63. The molecular formula is C11H13BrN2O4S2. The van der Waals surface area contributed by atoms with E-state index in [1.807, 2.05) is 0 Å². The van der Waals surface area contributed by atoms with Crippen molar-refractivity contribution in [2.45, 2.75) is 0 Å². The van der Waals surface area contributed by atoms with Crippen LogP contribution < -0.4 is 5.32 Å². The molecule has 0 unspecified atom stereocenters. The summed E-state index contributed by atoms with van der Waals surface area (Å²) in [5.41, 5.74) is 1.03. The molecule has 2 aromatic heterocycles. The van der Waals surface area contributed by atoms with Crippen LogP contribution in [0.4, 0.5) is 5.88 Å². The van der Waals surface area contributed by atoms with Crippen LogP contribution in [0.15, 0.2) is 25.6 Å². The van der Waals surface area contributed by atoms with E-state index in [-0.39, 0.29) is 0 Å². The highest BCUT2D eigenvalue weighted by Crippen LogP contribution is 2.29. The van der Waals surface area contributed by atoms with Crippen molar-refractivity contribution in [3.05, 3.63) is 21.3 Å². The largest absolute Gasteiger partial charge is 0.458 e. The molecule has 0 aliphatic heterocycles. The van der Waals surface area contributed by atoms with Gasteiger partial charge in [-0.05, 0) is 15.9 Å². The highest BCUT2D eigenvalue weighted by atomic mass is 79.9. The number of furan rings is 1. The van der Waals surface area contributed by atoms with Gasteiger partial charge in [-0.15, -0.1) is 0 Å². The van der Waals surface area contributed by atoms with Gasteiger partial charge >= 0.3 is 0 Å². The predicted molar refractivity (Wildman–Crippen MR) is 83.0 cm³/mol. The molecule has 0 amide bonds. The van der Waals surface area contributed by atoms with E-state index in [0.29, 0.717) is 39.1 Å². The molecule has 0 bridgehead atoms. The summed E-state index contributed by atoms with van der Waals surface area (Å²) in [6.07, 6.45) is 2.67. The molecule has 0 radical (unpaired) electrons. The number of nitrogens with one attached hydrogen (secondary N) is 1. The van der Waals surface area contributed by atoms with Crippen LogP contribution in [-0.2, 0) is 10.0 Å². The maximum atomic E-state index is 11.3. The van der Waals surface area contributed by atoms with Crippen molar-refractivity contribution < 1.29 is 17.3 Å².